The van der Waals surface area contributed by atoms with Gasteiger partial charge in [0.05, 0.1) is 25.8 Å². The standard InChI is InChI=1S/C23H25F2N4O11P/c1-12-10-37-17-9-28-8-15(21(31)27-7-13-2-3-14(24)6-16(13)25)19(30)20(18(28)22(32)29(12)17)38-11-39-23(33)26-4-5-40-41(34,35)36/h2-3,6,8,12,17H,4-5,7,9-11H2,1H3,(H,26,33)(H,27,31)(H2,34,35,36). The Morgan fingerprint density at radius 1 is 1.22 bits per heavy atom. The van der Waals surface area contributed by atoms with Crippen molar-refractivity contribution in [3.8, 4) is 5.75 Å². The Morgan fingerprint density at radius 2 is 1.98 bits per heavy atom. The third-order valence-electron chi connectivity index (χ3n) is 6.07. The van der Waals surface area contributed by atoms with Crippen LogP contribution in [0, 0.1) is 11.6 Å². The van der Waals surface area contributed by atoms with Crippen LogP contribution in [0.3, 0.4) is 0 Å². The van der Waals surface area contributed by atoms with Crippen LogP contribution in [0.2, 0.25) is 0 Å². The van der Waals surface area contributed by atoms with E-state index in [4.69, 9.17) is 24.0 Å². The summed E-state index contributed by atoms with van der Waals surface area (Å²) in [6.07, 6.45) is -0.643. The Labute approximate surface area is 230 Å². The van der Waals surface area contributed by atoms with Crippen LogP contribution < -0.4 is 20.8 Å². The molecule has 15 nitrogen and oxygen atoms in total. The van der Waals surface area contributed by atoms with Gasteiger partial charge in [-0.15, -0.1) is 0 Å². The smallest absolute Gasteiger partial charge is 0.451 e. The van der Waals surface area contributed by atoms with Crippen molar-refractivity contribution in [2.75, 3.05) is 26.6 Å². The summed E-state index contributed by atoms with van der Waals surface area (Å²) in [4.78, 5) is 70.2. The molecule has 0 radical (unpaired) electrons. The minimum Gasteiger partial charge on any atom is -0.451 e. The van der Waals surface area contributed by atoms with E-state index in [0.29, 0.717) is 6.07 Å². The predicted molar refractivity (Wildman–Crippen MR) is 132 cm³/mol. The van der Waals surface area contributed by atoms with E-state index in [1.54, 1.807) is 6.92 Å². The maximum Gasteiger partial charge on any atom is 0.469 e. The molecule has 41 heavy (non-hydrogen) atoms. The number of benzene rings is 1. The average molecular weight is 602 g/mol. The zero-order valence-corrected chi connectivity index (χ0v) is 22.3. The first kappa shape index (κ1) is 30.1. The molecule has 2 unspecified atom stereocenters. The molecule has 0 spiro atoms. The highest BCUT2D eigenvalue weighted by Crippen LogP contribution is 2.35. The fourth-order valence-corrected chi connectivity index (χ4v) is 4.53. The van der Waals surface area contributed by atoms with Gasteiger partial charge in [-0.2, -0.15) is 0 Å². The van der Waals surface area contributed by atoms with Gasteiger partial charge in [0.25, 0.3) is 11.8 Å². The largest absolute Gasteiger partial charge is 0.469 e. The van der Waals surface area contributed by atoms with Gasteiger partial charge >= 0.3 is 13.9 Å². The number of rotatable bonds is 10. The lowest BCUT2D eigenvalue weighted by Gasteiger charge is -2.34. The summed E-state index contributed by atoms with van der Waals surface area (Å²) in [5.74, 6) is -3.88. The normalized spacial score (nSPS) is 18.0. The number of nitrogens with one attached hydrogen (secondary N) is 2. The molecule has 3 heterocycles. The molecular weight excluding hydrogens is 577 g/mol. The molecule has 2 atom stereocenters. The first-order valence-corrected chi connectivity index (χ1v) is 13.6. The minimum absolute atomic E-state index is 0.0375. The maximum absolute atomic E-state index is 14.0. The second-order valence-electron chi connectivity index (χ2n) is 8.91. The fraction of sp³-hybridized carbons (Fsp3) is 0.391. The van der Waals surface area contributed by atoms with Crippen LogP contribution in [0.5, 0.6) is 5.75 Å². The summed E-state index contributed by atoms with van der Waals surface area (Å²) in [6.45, 7) is -0.118. The van der Waals surface area contributed by atoms with Gasteiger partial charge < -0.3 is 44.1 Å². The molecule has 18 heteroatoms. The van der Waals surface area contributed by atoms with Crippen LogP contribution in [0.15, 0.2) is 29.2 Å². The van der Waals surface area contributed by atoms with E-state index in [0.717, 1.165) is 18.3 Å². The van der Waals surface area contributed by atoms with Gasteiger partial charge in [-0.05, 0) is 13.0 Å². The zero-order valence-electron chi connectivity index (χ0n) is 21.4. The number of hydrogen-bond acceptors (Lipinski definition) is 9. The summed E-state index contributed by atoms with van der Waals surface area (Å²) in [5, 5.41) is 4.50. The van der Waals surface area contributed by atoms with Crippen LogP contribution in [0.25, 0.3) is 0 Å². The average Bonchev–Trinajstić information content (AvgIpc) is 3.27. The van der Waals surface area contributed by atoms with Crippen LogP contribution in [0.4, 0.5) is 13.6 Å². The van der Waals surface area contributed by atoms with Crippen molar-refractivity contribution in [3.05, 3.63) is 63.1 Å². The number of phosphoric ester groups is 1. The second kappa shape index (κ2) is 12.3. The highest BCUT2D eigenvalue weighted by molar-refractivity contribution is 7.46. The van der Waals surface area contributed by atoms with Crippen LogP contribution in [-0.4, -0.2) is 76.0 Å². The maximum atomic E-state index is 14.0. The lowest BCUT2D eigenvalue weighted by molar-refractivity contribution is 0.00496. The molecule has 0 bridgehead atoms. The van der Waals surface area contributed by atoms with E-state index in [9.17, 15) is 32.5 Å². The quantitative estimate of drug-likeness (QED) is 0.167. The molecule has 0 saturated carbocycles. The third-order valence-corrected chi connectivity index (χ3v) is 6.59. The van der Waals surface area contributed by atoms with Crippen molar-refractivity contribution in [1.82, 2.24) is 20.1 Å². The lowest BCUT2D eigenvalue weighted by atomic mass is 10.1. The van der Waals surface area contributed by atoms with E-state index in [-0.39, 0.29) is 43.5 Å². The third kappa shape index (κ3) is 7.07. The molecule has 1 aromatic heterocycles. The van der Waals surface area contributed by atoms with Crippen molar-refractivity contribution in [1.29, 1.82) is 0 Å². The number of pyridine rings is 1. The molecule has 2 aromatic rings. The first-order valence-electron chi connectivity index (χ1n) is 12.0. The molecule has 0 aliphatic carbocycles. The monoisotopic (exact) mass is 602 g/mol. The molecule has 3 amide bonds. The molecule has 1 aromatic carbocycles. The number of ether oxygens (including phenoxy) is 3. The van der Waals surface area contributed by atoms with Crippen molar-refractivity contribution in [2.24, 2.45) is 0 Å². The summed E-state index contributed by atoms with van der Waals surface area (Å²) in [7, 11) is -4.73. The number of hydrogen-bond donors (Lipinski definition) is 4. The molecule has 4 rings (SSSR count). The minimum atomic E-state index is -4.73. The van der Waals surface area contributed by atoms with E-state index in [1.807, 2.05) is 0 Å². The Balaban J connectivity index is 1.53. The molecular formula is C23H25F2N4O11P. The van der Waals surface area contributed by atoms with Crippen molar-refractivity contribution >= 4 is 25.7 Å². The number of halogens is 2. The number of nitrogens with zero attached hydrogens (tertiary/aromatic N) is 2. The van der Waals surface area contributed by atoms with Gasteiger partial charge in [0, 0.05) is 30.9 Å². The summed E-state index contributed by atoms with van der Waals surface area (Å²) >= 11 is 0. The number of phosphoric acid groups is 1. The van der Waals surface area contributed by atoms with Crippen molar-refractivity contribution in [2.45, 2.75) is 32.3 Å². The van der Waals surface area contributed by atoms with Gasteiger partial charge in [-0.25, -0.2) is 18.1 Å². The van der Waals surface area contributed by atoms with Gasteiger partial charge in [-0.3, -0.25) is 18.9 Å². The number of alkyl carbamates (subject to hydrolysis) is 1. The first-order chi connectivity index (χ1) is 19.4. The Bertz CT molecular complexity index is 1460. The Hall–Kier alpha value is -3.89. The number of aromatic nitrogens is 1. The molecule has 2 aliphatic rings. The zero-order chi connectivity index (χ0) is 29.9. The van der Waals surface area contributed by atoms with Crippen LogP contribution >= 0.6 is 7.82 Å². The number of fused-ring (bicyclic) bond motifs is 2. The number of carbonyl (C=O) groups excluding carboxylic acids is 3. The second-order valence-corrected chi connectivity index (χ2v) is 10.2. The molecule has 1 saturated heterocycles. The molecule has 2 aliphatic heterocycles. The van der Waals surface area contributed by atoms with E-state index in [2.05, 4.69) is 15.2 Å². The van der Waals surface area contributed by atoms with E-state index >= 15 is 0 Å². The molecule has 4 N–H and O–H groups in total. The SMILES string of the molecule is CC1COC2Cn3cc(C(=O)NCc4ccc(F)cc4F)c(=O)c(OCOC(=O)NCCOP(=O)(O)O)c3C(=O)N12. The lowest BCUT2D eigenvalue weighted by Crippen LogP contribution is -2.49. The summed E-state index contributed by atoms with van der Waals surface area (Å²) in [6, 6.07) is 2.45. The number of amides is 3. The van der Waals surface area contributed by atoms with E-state index in [1.165, 1.54) is 9.47 Å². The van der Waals surface area contributed by atoms with Gasteiger partial charge in [-0.1, -0.05) is 6.07 Å². The van der Waals surface area contributed by atoms with Gasteiger partial charge in [0.1, 0.15) is 17.2 Å². The van der Waals surface area contributed by atoms with Crippen LogP contribution in [-0.2, 0) is 31.7 Å². The topological polar surface area (TPSA) is 195 Å². The van der Waals surface area contributed by atoms with Crippen LogP contribution in [0.1, 0.15) is 33.3 Å². The fourth-order valence-electron chi connectivity index (χ4n) is 4.20. The highest BCUT2D eigenvalue weighted by Gasteiger charge is 2.43. The Morgan fingerprint density at radius 3 is 2.68 bits per heavy atom. The Kier molecular flexibility index (Phi) is 9.04. The predicted octanol–water partition coefficient (Wildman–Crippen LogP) is 0.429. The molecule has 222 valence electrons. The van der Waals surface area contributed by atoms with Crippen molar-refractivity contribution < 1.29 is 56.3 Å². The van der Waals surface area contributed by atoms with Crippen molar-refractivity contribution in [3.63, 3.8) is 0 Å². The number of carbonyl (C=O) groups is 3. The van der Waals surface area contributed by atoms with Gasteiger partial charge in [0.15, 0.2) is 11.9 Å². The highest BCUT2D eigenvalue weighted by atomic mass is 31.2. The van der Waals surface area contributed by atoms with E-state index < -0.39 is 73.7 Å². The summed E-state index contributed by atoms with van der Waals surface area (Å²) in [5.41, 5.74) is -1.76. The van der Waals surface area contributed by atoms with Gasteiger partial charge in [0.2, 0.25) is 18.0 Å². The molecule has 1 fully saturated rings. The summed E-state index contributed by atoms with van der Waals surface area (Å²) < 4.78 is 59.1.